The molecule has 1 heterocycles. The summed E-state index contributed by atoms with van der Waals surface area (Å²) < 4.78 is 13.9. The van der Waals surface area contributed by atoms with E-state index < -0.39 is 0 Å². The summed E-state index contributed by atoms with van der Waals surface area (Å²) >= 11 is 0. The van der Waals surface area contributed by atoms with Crippen LogP contribution in [0.4, 0.5) is 4.39 Å². The molecule has 0 amide bonds. The first-order valence-electron chi connectivity index (χ1n) is 5.16. The number of aliphatic hydroxyl groups is 1. The van der Waals surface area contributed by atoms with Crippen LogP contribution in [0.1, 0.15) is 5.69 Å². The highest BCUT2D eigenvalue weighted by Crippen LogP contribution is 2.18. The summed E-state index contributed by atoms with van der Waals surface area (Å²) in [5, 5.41) is 12.9. The van der Waals surface area contributed by atoms with Crippen molar-refractivity contribution in [2.75, 3.05) is 13.2 Å². The molecule has 0 unspecified atom stereocenters. The molecule has 0 bridgehead atoms. The van der Waals surface area contributed by atoms with Gasteiger partial charge in [0.2, 0.25) is 0 Å². The number of benzene rings is 1. The number of nitrogens with zero attached hydrogens (tertiary/aromatic N) is 1. The third-order valence-electron chi connectivity index (χ3n) is 2.39. The van der Waals surface area contributed by atoms with Gasteiger partial charge in [-0.05, 0) is 0 Å². The Morgan fingerprint density at radius 2 is 2.12 bits per heavy atom. The smallest absolute Gasteiger partial charge is 0.153 e. The molecule has 0 aliphatic rings. The predicted octanol–water partition coefficient (Wildman–Crippen LogP) is 1.46. The van der Waals surface area contributed by atoms with Gasteiger partial charge in [0.1, 0.15) is 0 Å². The van der Waals surface area contributed by atoms with Crippen molar-refractivity contribution in [3.05, 3.63) is 42.0 Å². The average molecular weight is 220 g/mol. The van der Waals surface area contributed by atoms with Crippen LogP contribution in [0.15, 0.2) is 30.5 Å². The molecule has 3 nitrogen and oxygen atoms in total. The van der Waals surface area contributed by atoms with E-state index in [0.29, 0.717) is 24.2 Å². The van der Waals surface area contributed by atoms with E-state index in [9.17, 15) is 4.39 Å². The number of aliphatic hydroxyl groups excluding tert-OH is 1. The Morgan fingerprint density at radius 1 is 1.31 bits per heavy atom. The third-order valence-corrected chi connectivity index (χ3v) is 2.39. The van der Waals surface area contributed by atoms with Crippen molar-refractivity contribution < 1.29 is 9.50 Å². The topological polar surface area (TPSA) is 45.1 Å². The molecular weight excluding hydrogens is 207 g/mol. The van der Waals surface area contributed by atoms with Crippen LogP contribution < -0.4 is 5.32 Å². The van der Waals surface area contributed by atoms with Crippen LogP contribution in [-0.4, -0.2) is 23.2 Å². The van der Waals surface area contributed by atoms with Gasteiger partial charge in [-0.1, -0.05) is 24.3 Å². The standard InChI is InChI=1S/C12H13FN2O/c13-12-10-4-2-1-3-9(10)7-15-11(12)8-14-5-6-16/h1-4,7,14,16H,5-6,8H2. The van der Waals surface area contributed by atoms with Gasteiger partial charge in [0.25, 0.3) is 0 Å². The molecule has 0 aliphatic carbocycles. The van der Waals surface area contributed by atoms with Gasteiger partial charge >= 0.3 is 0 Å². The van der Waals surface area contributed by atoms with Gasteiger partial charge in [0, 0.05) is 30.1 Å². The Hall–Kier alpha value is -1.52. The van der Waals surface area contributed by atoms with E-state index >= 15 is 0 Å². The monoisotopic (exact) mass is 220 g/mol. The largest absolute Gasteiger partial charge is 0.395 e. The summed E-state index contributed by atoms with van der Waals surface area (Å²) in [5.41, 5.74) is 0.382. The quantitative estimate of drug-likeness (QED) is 0.767. The number of hydrogen-bond donors (Lipinski definition) is 2. The molecule has 0 radical (unpaired) electrons. The second-order valence-electron chi connectivity index (χ2n) is 3.51. The Bertz CT molecular complexity index is 487. The number of rotatable bonds is 4. The summed E-state index contributed by atoms with van der Waals surface area (Å²) in [6, 6.07) is 7.22. The zero-order chi connectivity index (χ0) is 11.4. The van der Waals surface area contributed by atoms with Crippen molar-refractivity contribution in [2.24, 2.45) is 0 Å². The number of fused-ring (bicyclic) bond motifs is 1. The van der Waals surface area contributed by atoms with Crippen LogP contribution >= 0.6 is 0 Å². The van der Waals surface area contributed by atoms with Crippen molar-refractivity contribution in [1.82, 2.24) is 10.3 Å². The molecule has 16 heavy (non-hydrogen) atoms. The van der Waals surface area contributed by atoms with Crippen molar-refractivity contribution >= 4 is 10.8 Å². The van der Waals surface area contributed by atoms with Gasteiger partial charge in [-0.15, -0.1) is 0 Å². The maximum absolute atomic E-state index is 13.9. The van der Waals surface area contributed by atoms with Crippen molar-refractivity contribution in [3.8, 4) is 0 Å². The molecule has 2 aromatic rings. The molecule has 2 rings (SSSR count). The van der Waals surface area contributed by atoms with Gasteiger partial charge in [0.05, 0.1) is 12.3 Å². The zero-order valence-corrected chi connectivity index (χ0v) is 8.78. The summed E-state index contributed by atoms with van der Waals surface area (Å²) in [7, 11) is 0. The molecule has 0 saturated carbocycles. The second-order valence-corrected chi connectivity index (χ2v) is 3.51. The lowest BCUT2D eigenvalue weighted by Gasteiger charge is -2.06. The Labute approximate surface area is 92.9 Å². The summed E-state index contributed by atoms with van der Waals surface area (Å²) in [5.74, 6) is -0.288. The SMILES string of the molecule is OCCNCc1ncc2ccccc2c1F. The maximum atomic E-state index is 13.9. The van der Waals surface area contributed by atoms with E-state index in [1.54, 1.807) is 18.3 Å². The van der Waals surface area contributed by atoms with Crippen molar-refractivity contribution in [1.29, 1.82) is 0 Å². The fourth-order valence-corrected chi connectivity index (χ4v) is 1.58. The van der Waals surface area contributed by atoms with E-state index in [4.69, 9.17) is 5.11 Å². The number of hydrogen-bond acceptors (Lipinski definition) is 3. The van der Waals surface area contributed by atoms with Crippen LogP contribution in [0.2, 0.25) is 0 Å². The molecule has 0 fully saturated rings. The van der Waals surface area contributed by atoms with Gasteiger partial charge in [-0.3, -0.25) is 4.98 Å². The van der Waals surface area contributed by atoms with E-state index in [-0.39, 0.29) is 12.4 Å². The van der Waals surface area contributed by atoms with Gasteiger partial charge < -0.3 is 10.4 Å². The molecule has 0 atom stereocenters. The first kappa shape index (κ1) is 11.0. The summed E-state index contributed by atoms with van der Waals surface area (Å²) in [6.45, 7) is 0.806. The minimum Gasteiger partial charge on any atom is -0.395 e. The molecule has 0 spiro atoms. The molecule has 0 saturated heterocycles. The molecule has 0 aliphatic heterocycles. The second kappa shape index (κ2) is 5.01. The Morgan fingerprint density at radius 3 is 2.94 bits per heavy atom. The van der Waals surface area contributed by atoms with Crippen LogP contribution in [0.25, 0.3) is 10.8 Å². The number of pyridine rings is 1. The summed E-state index contributed by atoms with van der Waals surface area (Å²) in [6.07, 6.45) is 1.66. The number of nitrogens with one attached hydrogen (secondary N) is 1. The Kier molecular flexibility index (Phi) is 3.44. The van der Waals surface area contributed by atoms with Crippen LogP contribution in [0.3, 0.4) is 0 Å². The number of aromatic nitrogens is 1. The molecule has 1 aromatic carbocycles. The van der Waals surface area contributed by atoms with Crippen molar-refractivity contribution in [3.63, 3.8) is 0 Å². The normalized spacial score (nSPS) is 10.9. The van der Waals surface area contributed by atoms with Crippen LogP contribution in [0, 0.1) is 5.82 Å². The lowest BCUT2D eigenvalue weighted by atomic mass is 10.1. The molecule has 4 heteroatoms. The van der Waals surface area contributed by atoms with E-state index in [1.807, 2.05) is 12.1 Å². The van der Waals surface area contributed by atoms with Gasteiger partial charge in [0.15, 0.2) is 5.82 Å². The number of halogens is 1. The molecule has 2 N–H and O–H groups in total. The highest BCUT2D eigenvalue weighted by Gasteiger charge is 2.07. The van der Waals surface area contributed by atoms with Crippen LogP contribution in [-0.2, 0) is 6.54 Å². The van der Waals surface area contributed by atoms with E-state index in [2.05, 4.69) is 10.3 Å². The third kappa shape index (κ3) is 2.18. The highest BCUT2D eigenvalue weighted by molar-refractivity contribution is 5.82. The Balaban J connectivity index is 2.29. The van der Waals surface area contributed by atoms with E-state index in [0.717, 1.165) is 5.39 Å². The first-order valence-corrected chi connectivity index (χ1v) is 5.16. The van der Waals surface area contributed by atoms with Crippen LogP contribution in [0.5, 0.6) is 0 Å². The summed E-state index contributed by atoms with van der Waals surface area (Å²) in [4.78, 5) is 4.06. The molecule has 84 valence electrons. The van der Waals surface area contributed by atoms with Gasteiger partial charge in [-0.25, -0.2) is 4.39 Å². The fourth-order valence-electron chi connectivity index (χ4n) is 1.58. The zero-order valence-electron chi connectivity index (χ0n) is 8.78. The van der Waals surface area contributed by atoms with E-state index in [1.165, 1.54) is 0 Å². The fraction of sp³-hybridized carbons (Fsp3) is 0.250. The maximum Gasteiger partial charge on any atom is 0.153 e. The molecule has 1 aromatic heterocycles. The first-order chi connectivity index (χ1) is 7.83. The predicted molar refractivity (Wildman–Crippen MR) is 60.5 cm³/mol. The highest BCUT2D eigenvalue weighted by atomic mass is 19.1. The minimum absolute atomic E-state index is 0.0369. The minimum atomic E-state index is -0.288. The lowest BCUT2D eigenvalue weighted by Crippen LogP contribution is -2.19. The average Bonchev–Trinajstić information content (AvgIpc) is 2.33. The lowest BCUT2D eigenvalue weighted by molar-refractivity contribution is 0.291. The van der Waals surface area contributed by atoms with Crippen molar-refractivity contribution in [2.45, 2.75) is 6.54 Å². The molecular formula is C12H13FN2O. The van der Waals surface area contributed by atoms with Gasteiger partial charge in [-0.2, -0.15) is 0 Å².